The van der Waals surface area contributed by atoms with Gasteiger partial charge in [0.15, 0.2) is 0 Å². The molecule has 5 heteroatoms. The van der Waals surface area contributed by atoms with Crippen LogP contribution >= 0.6 is 11.3 Å². The van der Waals surface area contributed by atoms with E-state index in [1.54, 1.807) is 11.3 Å². The molecule has 2 aromatic rings. The Morgan fingerprint density at radius 3 is 2.44 bits per heavy atom. The van der Waals surface area contributed by atoms with Crippen LogP contribution in [0, 0.1) is 17.2 Å². The second-order valence-corrected chi connectivity index (χ2v) is 8.77. The van der Waals surface area contributed by atoms with E-state index < -0.39 is 5.54 Å². The molecule has 27 heavy (non-hydrogen) atoms. The number of nitrogens with one attached hydrogen (secondary N) is 2. The third kappa shape index (κ3) is 4.77. The van der Waals surface area contributed by atoms with Gasteiger partial charge in [-0.15, -0.1) is 11.3 Å². The van der Waals surface area contributed by atoms with Gasteiger partial charge in [0.2, 0.25) is 5.91 Å². The third-order valence-electron chi connectivity index (χ3n) is 5.26. The molecule has 2 atom stereocenters. The number of carbonyl (C=O) groups is 1. The lowest BCUT2D eigenvalue weighted by Gasteiger charge is -2.24. The van der Waals surface area contributed by atoms with E-state index in [-0.39, 0.29) is 24.4 Å². The molecular weight excluding hydrogens is 354 g/mol. The fraction of sp³-hybridized carbons (Fsp3) is 0.455. The van der Waals surface area contributed by atoms with Gasteiger partial charge in [-0.2, -0.15) is 5.26 Å². The Kier molecular flexibility index (Phi) is 5.98. The number of nitriles is 1. The van der Waals surface area contributed by atoms with Crippen molar-refractivity contribution in [3.05, 3.63) is 57.8 Å². The Balaban J connectivity index is 1.69. The number of benzene rings is 1. The van der Waals surface area contributed by atoms with Gasteiger partial charge >= 0.3 is 0 Å². The average molecular weight is 382 g/mol. The van der Waals surface area contributed by atoms with E-state index >= 15 is 0 Å². The first-order chi connectivity index (χ1) is 12.9. The van der Waals surface area contributed by atoms with E-state index in [9.17, 15) is 10.1 Å². The summed E-state index contributed by atoms with van der Waals surface area (Å²) in [6.45, 7) is 6.36. The fourth-order valence-corrected chi connectivity index (χ4v) is 4.15. The molecule has 142 valence electrons. The third-order valence-corrected chi connectivity index (χ3v) is 6.19. The molecule has 1 amide bonds. The van der Waals surface area contributed by atoms with Crippen LogP contribution in [0.2, 0.25) is 0 Å². The lowest BCUT2D eigenvalue weighted by Crippen LogP contribution is -2.49. The van der Waals surface area contributed by atoms with Crippen LogP contribution in [0.4, 0.5) is 0 Å². The van der Waals surface area contributed by atoms with Crippen LogP contribution in [0.5, 0.6) is 0 Å². The summed E-state index contributed by atoms with van der Waals surface area (Å²) >= 11 is 1.67. The van der Waals surface area contributed by atoms with Gasteiger partial charge in [-0.3, -0.25) is 10.1 Å². The van der Waals surface area contributed by atoms with Gasteiger partial charge in [0.25, 0.3) is 0 Å². The number of nitrogens with zero attached hydrogens (tertiary/aromatic N) is 1. The fourth-order valence-electron chi connectivity index (χ4n) is 3.32. The van der Waals surface area contributed by atoms with E-state index in [1.807, 2.05) is 18.4 Å². The number of amides is 1. The van der Waals surface area contributed by atoms with Gasteiger partial charge < -0.3 is 5.32 Å². The number of thiophene rings is 1. The Labute approximate surface area is 165 Å². The molecule has 1 saturated carbocycles. The van der Waals surface area contributed by atoms with Crippen molar-refractivity contribution in [1.29, 1.82) is 5.26 Å². The molecule has 4 nitrogen and oxygen atoms in total. The number of hydrogen-bond donors (Lipinski definition) is 2. The lowest BCUT2D eigenvalue weighted by molar-refractivity contribution is -0.121. The summed E-state index contributed by atoms with van der Waals surface area (Å²) in [6, 6.07) is 14.9. The highest BCUT2D eigenvalue weighted by Gasteiger charge is 2.42. The van der Waals surface area contributed by atoms with Gasteiger partial charge in [0, 0.05) is 4.88 Å². The number of hydrogen-bond acceptors (Lipinski definition) is 4. The van der Waals surface area contributed by atoms with Crippen molar-refractivity contribution in [3.8, 4) is 6.07 Å². The van der Waals surface area contributed by atoms with Crippen molar-refractivity contribution >= 4 is 17.2 Å². The minimum Gasteiger partial charge on any atom is -0.337 e. The smallest absolute Gasteiger partial charge is 0.235 e. The average Bonchev–Trinajstić information content (AvgIpc) is 3.39. The van der Waals surface area contributed by atoms with E-state index in [0.29, 0.717) is 5.92 Å². The van der Waals surface area contributed by atoms with Crippen LogP contribution in [-0.2, 0) is 4.79 Å². The van der Waals surface area contributed by atoms with E-state index in [2.05, 4.69) is 60.9 Å². The van der Waals surface area contributed by atoms with Crippen LogP contribution in [0.1, 0.15) is 61.6 Å². The standard InChI is InChI=1S/C22H27N3OS/c1-15(2)16-6-8-17(9-7-16)21(19-5-4-12-27-19)24-13-20(26)25-22(3,14-23)18-10-11-18/h4-9,12,15,18,21,24H,10-11,13H2,1-3H3,(H,25,26)/t21-,22+/m0/s1. The van der Waals surface area contributed by atoms with Crippen LogP contribution in [0.15, 0.2) is 41.8 Å². The molecule has 1 fully saturated rings. The van der Waals surface area contributed by atoms with Crippen LogP contribution in [0.25, 0.3) is 0 Å². The van der Waals surface area contributed by atoms with Crippen molar-refractivity contribution in [2.24, 2.45) is 5.92 Å². The summed E-state index contributed by atoms with van der Waals surface area (Å²) in [5.74, 6) is 0.637. The zero-order chi connectivity index (χ0) is 19.4. The second kappa shape index (κ2) is 8.24. The van der Waals surface area contributed by atoms with Gasteiger partial charge in [-0.05, 0) is 54.2 Å². The molecule has 0 spiro atoms. The predicted molar refractivity (Wildman–Crippen MR) is 110 cm³/mol. The van der Waals surface area contributed by atoms with Crippen molar-refractivity contribution in [2.75, 3.05) is 6.54 Å². The Morgan fingerprint density at radius 2 is 1.93 bits per heavy atom. The highest BCUT2D eigenvalue weighted by atomic mass is 32.1. The molecule has 1 aliphatic carbocycles. The van der Waals surface area contributed by atoms with E-state index in [4.69, 9.17) is 0 Å². The van der Waals surface area contributed by atoms with Crippen molar-refractivity contribution in [1.82, 2.24) is 10.6 Å². The minimum absolute atomic E-state index is 0.0359. The summed E-state index contributed by atoms with van der Waals surface area (Å²) in [4.78, 5) is 13.6. The largest absolute Gasteiger partial charge is 0.337 e. The molecule has 0 saturated heterocycles. The summed E-state index contributed by atoms with van der Waals surface area (Å²) < 4.78 is 0. The molecule has 0 aliphatic heterocycles. The maximum absolute atomic E-state index is 12.5. The quantitative estimate of drug-likeness (QED) is 0.714. The van der Waals surface area contributed by atoms with Gasteiger partial charge in [-0.25, -0.2) is 0 Å². The van der Waals surface area contributed by atoms with Crippen molar-refractivity contribution < 1.29 is 4.79 Å². The molecule has 0 bridgehead atoms. The molecule has 1 aromatic heterocycles. The van der Waals surface area contributed by atoms with E-state index in [0.717, 1.165) is 18.4 Å². The first kappa shape index (κ1) is 19.6. The second-order valence-electron chi connectivity index (χ2n) is 7.79. The van der Waals surface area contributed by atoms with Crippen molar-refractivity contribution in [2.45, 2.75) is 51.1 Å². The first-order valence-corrected chi connectivity index (χ1v) is 10.4. The maximum atomic E-state index is 12.5. The predicted octanol–water partition coefficient (Wildman–Crippen LogP) is 4.36. The molecule has 1 aromatic carbocycles. The molecule has 1 heterocycles. The summed E-state index contributed by atoms with van der Waals surface area (Å²) in [5, 5.41) is 17.8. The lowest BCUT2D eigenvalue weighted by atomic mass is 9.97. The van der Waals surface area contributed by atoms with Crippen LogP contribution in [-0.4, -0.2) is 18.0 Å². The Morgan fingerprint density at radius 1 is 1.26 bits per heavy atom. The number of rotatable bonds is 8. The highest BCUT2D eigenvalue weighted by Crippen LogP contribution is 2.39. The normalized spacial score (nSPS) is 17.1. The zero-order valence-electron chi connectivity index (χ0n) is 16.2. The van der Waals surface area contributed by atoms with Gasteiger partial charge in [-0.1, -0.05) is 44.2 Å². The number of carbonyl (C=O) groups excluding carboxylic acids is 1. The van der Waals surface area contributed by atoms with Crippen LogP contribution in [0.3, 0.4) is 0 Å². The van der Waals surface area contributed by atoms with Gasteiger partial charge in [0.05, 0.1) is 18.7 Å². The first-order valence-electron chi connectivity index (χ1n) is 9.52. The van der Waals surface area contributed by atoms with Crippen molar-refractivity contribution in [3.63, 3.8) is 0 Å². The minimum atomic E-state index is -0.754. The van der Waals surface area contributed by atoms with Gasteiger partial charge in [0.1, 0.15) is 5.54 Å². The molecule has 1 aliphatic rings. The summed E-state index contributed by atoms with van der Waals surface area (Å²) in [6.07, 6.45) is 2.02. The Bertz CT molecular complexity index is 803. The van der Waals surface area contributed by atoms with Crippen LogP contribution < -0.4 is 10.6 Å². The molecular formula is C22H27N3OS. The molecule has 3 rings (SSSR count). The highest BCUT2D eigenvalue weighted by molar-refractivity contribution is 7.10. The van der Waals surface area contributed by atoms with E-state index in [1.165, 1.54) is 10.4 Å². The summed E-state index contributed by atoms with van der Waals surface area (Å²) in [7, 11) is 0. The molecule has 2 N–H and O–H groups in total. The topological polar surface area (TPSA) is 64.9 Å². The zero-order valence-corrected chi connectivity index (χ0v) is 17.0. The SMILES string of the molecule is CC(C)c1ccc([C@H](NCC(=O)N[C@](C)(C#N)C2CC2)c2cccs2)cc1. The molecule has 0 radical (unpaired) electrons. The maximum Gasteiger partial charge on any atom is 0.235 e. The monoisotopic (exact) mass is 381 g/mol. The summed E-state index contributed by atoms with van der Waals surface area (Å²) in [5.41, 5.74) is 1.69. The molecule has 0 unspecified atom stereocenters. The Hall–Kier alpha value is -2.16.